The van der Waals surface area contributed by atoms with Crippen LogP contribution < -0.4 is 5.32 Å². The molecule has 0 saturated heterocycles. The van der Waals surface area contributed by atoms with E-state index in [9.17, 15) is 0 Å². The molecule has 0 spiro atoms. The normalized spacial score (nSPS) is 39.1. The first-order valence-corrected chi connectivity index (χ1v) is 9.45. The third-order valence-corrected chi connectivity index (χ3v) is 6.44. The van der Waals surface area contributed by atoms with E-state index in [1.807, 2.05) is 7.11 Å². The van der Waals surface area contributed by atoms with Gasteiger partial charge >= 0.3 is 0 Å². The van der Waals surface area contributed by atoms with E-state index in [-0.39, 0.29) is 5.60 Å². The Morgan fingerprint density at radius 1 is 1.10 bits per heavy atom. The van der Waals surface area contributed by atoms with Gasteiger partial charge in [0.25, 0.3) is 0 Å². The van der Waals surface area contributed by atoms with Crippen LogP contribution in [-0.4, -0.2) is 25.3 Å². The zero-order chi connectivity index (χ0) is 15.3. The molecule has 3 unspecified atom stereocenters. The molecule has 2 rings (SSSR count). The molecular formula is C19H37NO. The maximum Gasteiger partial charge on any atom is 0.0833 e. The van der Waals surface area contributed by atoms with Gasteiger partial charge in [-0.2, -0.15) is 0 Å². The van der Waals surface area contributed by atoms with E-state index < -0.39 is 0 Å². The lowest BCUT2D eigenvalue weighted by molar-refractivity contribution is -0.0982. The number of ether oxygens (including phenoxy) is 1. The molecule has 0 radical (unpaired) electrons. The molecule has 2 fully saturated rings. The van der Waals surface area contributed by atoms with Gasteiger partial charge in [-0.15, -0.1) is 0 Å². The highest BCUT2D eigenvalue weighted by molar-refractivity contribution is 5.01. The molecule has 0 heterocycles. The van der Waals surface area contributed by atoms with Crippen LogP contribution in [0.5, 0.6) is 0 Å². The van der Waals surface area contributed by atoms with Crippen LogP contribution in [0.3, 0.4) is 0 Å². The lowest BCUT2D eigenvalue weighted by atomic mass is 9.65. The summed E-state index contributed by atoms with van der Waals surface area (Å²) in [5, 5.41) is 3.87. The van der Waals surface area contributed by atoms with Crippen LogP contribution in [0.15, 0.2) is 0 Å². The Bertz CT molecular complexity index is 296. The Balaban J connectivity index is 2.18. The first kappa shape index (κ1) is 17.3. The first-order valence-electron chi connectivity index (χ1n) is 9.45. The van der Waals surface area contributed by atoms with Gasteiger partial charge in [-0.1, -0.05) is 46.5 Å². The van der Waals surface area contributed by atoms with Gasteiger partial charge in [-0.25, -0.2) is 0 Å². The molecule has 2 saturated carbocycles. The van der Waals surface area contributed by atoms with Crippen LogP contribution in [0.25, 0.3) is 0 Å². The van der Waals surface area contributed by atoms with Crippen molar-refractivity contribution in [3.63, 3.8) is 0 Å². The van der Waals surface area contributed by atoms with E-state index in [0.717, 1.165) is 24.3 Å². The Kier molecular flexibility index (Phi) is 6.55. The summed E-state index contributed by atoms with van der Waals surface area (Å²) >= 11 is 0. The molecule has 0 aliphatic heterocycles. The molecule has 2 aliphatic rings. The van der Waals surface area contributed by atoms with Crippen LogP contribution >= 0.6 is 0 Å². The molecule has 3 atom stereocenters. The van der Waals surface area contributed by atoms with E-state index in [2.05, 4.69) is 26.1 Å². The Morgan fingerprint density at radius 3 is 2.33 bits per heavy atom. The summed E-state index contributed by atoms with van der Waals surface area (Å²) in [5.41, 5.74) is 0.0952. The fraction of sp³-hybridized carbons (Fsp3) is 1.00. The predicted molar refractivity (Wildman–Crippen MR) is 90.6 cm³/mol. The van der Waals surface area contributed by atoms with Gasteiger partial charge in [0, 0.05) is 13.2 Å². The lowest BCUT2D eigenvalue weighted by Crippen LogP contribution is -2.59. The van der Waals surface area contributed by atoms with Gasteiger partial charge in [0.05, 0.1) is 5.60 Å². The largest absolute Gasteiger partial charge is 0.377 e. The maximum atomic E-state index is 6.23. The van der Waals surface area contributed by atoms with Crippen molar-refractivity contribution in [2.24, 2.45) is 17.8 Å². The number of rotatable bonds is 6. The average Bonchev–Trinajstić information content (AvgIpc) is 2.54. The van der Waals surface area contributed by atoms with E-state index in [1.165, 1.54) is 57.8 Å². The fourth-order valence-electron chi connectivity index (χ4n) is 5.02. The quantitative estimate of drug-likeness (QED) is 0.761. The number of methoxy groups -OCH3 is 1. The van der Waals surface area contributed by atoms with E-state index in [1.54, 1.807) is 0 Å². The minimum Gasteiger partial charge on any atom is -0.377 e. The molecule has 0 aromatic carbocycles. The van der Waals surface area contributed by atoms with Crippen LogP contribution in [0, 0.1) is 17.8 Å². The van der Waals surface area contributed by atoms with Gasteiger partial charge in [0.1, 0.15) is 0 Å². The highest BCUT2D eigenvalue weighted by atomic mass is 16.5. The predicted octanol–water partition coefficient (Wildman–Crippen LogP) is 4.78. The molecule has 2 heteroatoms. The van der Waals surface area contributed by atoms with Crippen molar-refractivity contribution in [1.82, 2.24) is 5.32 Å². The molecule has 2 aliphatic carbocycles. The zero-order valence-corrected chi connectivity index (χ0v) is 14.8. The molecule has 124 valence electrons. The van der Waals surface area contributed by atoms with E-state index in [4.69, 9.17) is 4.74 Å². The number of hydrogen-bond acceptors (Lipinski definition) is 2. The van der Waals surface area contributed by atoms with Crippen LogP contribution in [-0.2, 0) is 4.74 Å². The first-order chi connectivity index (χ1) is 10.2. The molecule has 0 aromatic heterocycles. The van der Waals surface area contributed by atoms with Crippen LogP contribution in [0.1, 0.15) is 78.6 Å². The van der Waals surface area contributed by atoms with Crippen molar-refractivity contribution in [2.45, 2.75) is 90.2 Å². The highest BCUT2D eigenvalue weighted by Crippen LogP contribution is 2.44. The standard InChI is InChI=1S/C19H37NO/c1-5-16-9-7-8-10-17(16)18(20-6-2)19(21-4)13-11-15(3)12-14-19/h15-18,20H,5-14H2,1-4H3. The second kappa shape index (κ2) is 7.97. The molecule has 2 nitrogen and oxygen atoms in total. The zero-order valence-electron chi connectivity index (χ0n) is 14.8. The molecule has 0 bridgehead atoms. The van der Waals surface area contributed by atoms with Crippen molar-refractivity contribution in [2.75, 3.05) is 13.7 Å². The monoisotopic (exact) mass is 295 g/mol. The van der Waals surface area contributed by atoms with Crippen molar-refractivity contribution in [1.29, 1.82) is 0 Å². The maximum absolute atomic E-state index is 6.23. The topological polar surface area (TPSA) is 21.3 Å². The van der Waals surface area contributed by atoms with E-state index in [0.29, 0.717) is 6.04 Å². The number of likely N-dealkylation sites (N-methyl/N-ethyl adjacent to an activating group) is 1. The number of nitrogens with one attached hydrogen (secondary N) is 1. The highest BCUT2D eigenvalue weighted by Gasteiger charge is 2.46. The SMILES string of the molecule is CCNC(C1CCCCC1CC)C1(OC)CCC(C)CC1. The molecule has 1 N–H and O–H groups in total. The fourth-order valence-corrected chi connectivity index (χ4v) is 5.02. The van der Waals surface area contributed by atoms with Crippen molar-refractivity contribution in [3.8, 4) is 0 Å². The minimum absolute atomic E-state index is 0.0952. The van der Waals surface area contributed by atoms with Crippen molar-refractivity contribution >= 4 is 0 Å². The molecular weight excluding hydrogens is 258 g/mol. The summed E-state index contributed by atoms with van der Waals surface area (Å²) in [7, 11) is 1.96. The smallest absolute Gasteiger partial charge is 0.0833 e. The summed E-state index contributed by atoms with van der Waals surface area (Å²) in [6.07, 6.45) is 12.2. The van der Waals surface area contributed by atoms with Crippen LogP contribution in [0.2, 0.25) is 0 Å². The van der Waals surface area contributed by atoms with Gasteiger partial charge in [-0.05, 0) is 56.4 Å². The molecule has 0 aromatic rings. The third kappa shape index (κ3) is 3.82. The summed E-state index contributed by atoms with van der Waals surface area (Å²) in [6, 6.07) is 0.560. The Morgan fingerprint density at radius 2 is 1.76 bits per heavy atom. The summed E-state index contributed by atoms with van der Waals surface area (Å²) in [6.45, 7) is 8.11. The average molecular weight is 296 g/mol. The van der Waals surface area contributed by atoms with Gasteiger partial charge < -0.3 is 10.1 Å². The summed E-state index contributed by atoms with van der Waals surface area (Å²) in [4.78, 5) is 0. The lowest BCUT2D eigenvalue weighted by Gasteiger charge is -2.50. The Labute approximate surface area is 132 Å². The van der Waals surface area contributed by atoms with E-state index >= 15 is 0 Å². The second-order valence-electron chi connectivity index (χ2n) is 7.60. The number of hydrogen-bond donors (Lipinski definition) is 1. The second-order valence-corrected chi connectivity index (χ2v) is 7.60. The minimum atomic E-state index is 0.0952. The Hall–Kier alpha value is -0.0800. The third-order valence-electron chi connectivity index (χ3n) is 6.44. The molecule has 21 heavy (non-hydrogen) atoms. The van der Waals surface area contributed by atoms with Gasteiger partial charge in [-0.3, -0.25) is 0 Å². The van der Waals surface area contributed by atoms with Gasteiger partial charge in [0.2, 0.25) is 0 Å². The summed E-state index contributed by atoms with van der Waals surface area (Å²) < 4.78 is 6.23. The molecule has 0 amide bonds. The van der Waals surface area contributed by atoms with Crippen molar-refractivity contribution < 1.29 is 4.74 Å². The van der Waals surface area contributed by atoms with Gasteiger partial charge in [0.15, 0.2) is 0 Å². The van der Waals surface area contributed by atoms with Crippen LogP contribution in [0.4, 0.5) is 0 Å². The summed E-state index contributed by atoms with van der Waals surface area (Å²) in [5.74, 6) is 2.59. The van der Waals surface area contributed by atoms with Crippen molar-refractivity contribution in [3.05, 3.63) is 0 Å².